The molecule has 64 heavy (non-hydrogen) atoms. The molecule has 2 saturated heterocycles. The molecule has 6 rings (SSSR count). The highest BCUT2D eigenvalue weighted by Gasteiger charge is 2.42. The molecule has 3 aliphatic rings. The number of carbonyl (C=O) groups excluding carboxylic acids is 2. The van der Waals surface area contributed by atoms with E-state index in [2.05, 4.69) is 62.8 Å². The minimum absolute atomic E-state index is 0.197. The number of rotatable bonds is 31. The Morgan fingerprint density at radius 2 is 1.72 bits per heavy atom. The van der Waals surface area contributed by atoms with Gasteiger partial charge in [-0.2, -0.15) is 17.0 Å². The van der Waals surface area contributed by atoms with Crippen LogP contribution in [0.25, 0.3) is 0 Å². The molecule has 0 saturated carbocycles. The SMILES string of the molecule is CN(C/C=C/C#N)CCCCN1c2ccc(OCCOCc3cn(CCOCCOCCOCCCC(=O)CCCC[C@@H]4SC[C@@H]5CC(=O)N[C@@H]54)nn3)cc2CCc2ccc(Cl)cc21. The van der Waals surface area contributed by atoms with Crippen molar-refractivity contribution >= 4 is 46.4 Å². The zero-order valence-electron chi connectivity index (χ0n) is 37.4. The van der Waals surface area contributed by atoms with Gasteiger partial charge in [0.1, 0.15) is 23.8 Å². The van der Waals surface area contributed by atoms with Crippen molar-refractivity contribution in [2.75, 3.05) is 90.2 Å². The molecule has 0 spiro atoms. The van der Waals surface area contributed by atoms with Gasteiger partial charge in [-0.3, -0.25) is 9.59 Å². The van der Waals surface area contributed by atoms with Gasteiger partial charge in [-0.15, -0.1) is 5.10 Å². The van der Waals surface area contributed by atoms with E-state index in [1.165, 1.54) is 28.6 Å². The first-order valence-electron chi connectivity index (χ1n) is 23.0. The summed E-state index contributed by atoms with van der Waals surface area (Å²) in [5.41, 5.74) is 5.64. The lowest BCUT2D eigenvalue weighted by atomic mass is 9.97. The van der Waals surface area contributed by atoms with Crippen molar-refractivity contribution in [2.45, 2.75) is 95.1 Å². The van der Waals surface area contributed by atoms with Gasteiger partial charge >= 0.3 is 0 Å². The molecular formula is C48H66ClN7O7S. The number of hydrogen-bond donors (Lipinski definition) is 1. The smallest absolute Gasteiger partial charge is 0.220 e. The Balaban J connectivity index is 0.762. The van der Waals surface area contributed by atoms with E-state index < -0.39 is 0 Å². The summed E-state index contributed by atoms with van der Waals surface area (Å²) in [4.78, 5) is 28.5. The molecule has 3 aromatic rings. The van der Waals surface area contributed by atoms with Gasteiger partial charge in [0.15, 0.2) is 0 Å². The van der Waals surface area contributed by atoms with Crippen molar-refractivity contribution in [3.05, 3.63) is 76.6 Å². The van der Waals surface area contributed by atoms with Crippen molar-refractivity contribution in [3.8, 4) is 11.8 Å². The number of fused-ring (bicyclic) bond motifs is 3. The third-order valence-electron chi connectivity index (χ3n) is 11.8. The molecule has 0 unspecified atom stereocenters. The van der Waals surface area contributed by atoms with E-state index in [0.717, 1.165) is 93.2 Å². The van der Waals surface area contributed by atoms with Crippen LogP contribution < -0.4 is 15.0 Å². The van der Waals surface area contributed by atoms with E-state index in [1.807, 2.05) is 36.2 Å². The third-order valence-corrected chi connectivity index (χ3v) is 13.6. The first-order chi connectivity index (χ1) is 31.4. The number of unbranched alkanes of at least 4 members (excludes halogenated alkanes) is 2. The highest BCUT2D eigenvalue weighted by atomic mass is 35.5. The number of ether oxygens (including phenoxy) is 5. The Bertz CT molecular complexity index is 1980. The van der Waals surface area contributed by atoms with Gasteiger partial charge in [0.25, 0.3) is 0 Å². The second kappa shape index (κ2) is 27.5. The minimum Gasteiger partial charge on any atom is -0.491 e. The van der Waals surface area contributed by atoms with Gasteiger partial charge in [-0.05, 0) is 112 Å². The number of ketones is 1. The number of thioether (sulfide) groups is 1. The van der Waals surface area contributed by atoms with Crippen molar-refractivity contribution in [1.82, 2.24) is 25.2 Å². The summed E-state index contributed by atoms with van der Waals surface area (Å²) in [5, 5.41) is 21.6. The summed E-state index contributed by atoms with van der Waals surface area (Å²) < 4.78 is 30.7. The number of allylic oxidation sites excluding steroid dienone is 1. The Morgan fingerprint density at radius 3 is 2.58 bits per heavy atom. The molecule has 3 aliphatic heterocycles. The monoisotopic (exact) mass is 919 g/mol. The molecular weight excluding hydrogens is 854 g/mol. The number of anilines is 2. The third kappa shape index (κ3) is 16.5. The number of nitrogens with one attached hydrogen (secondary N) is 1. The molecule has 1 aromatic heterocycles. The molecule has 4 heterocycles. The zero-order valence-corrected chi connectivity index (χ0v) is 39.0. The average Bonchev–Trinajstić information content (AvgIpc) is 3.98. The molecule has 16 heteroatoms. The normalized spacial score (nSPS) is 17.9. The van der Waals surface area contributed by atoms with Crippen LogP contribution in [-0.4, -0.2) is 128 Å². The lowest BCUT2D eigenvalue weighted by Crippen LogP contribution is -2.34. The number of Topliss-reactive ketones (excluding diaryl/α,β-unsaturated/α-hetero) is 1. The van der Waals surface area contributed by atoms with E-state index in [9.17, 15) is 9.59 Å². The van der Waals surface area contributed by atoms with E-state index >= 15 is 0 Å². The fourth-order valence-corrected chi connectivity index (χ4v) is 10.3. The van der Waals surface area contributed by atoms with Crippen LogP contribution in [0, 0.1) is 17.2 Å². The number of aromatic nitrogens is 3. The maximum absolute atomic E-state index is 12.3. The predicted molar refractivity (Wildman–Crippen MR) is 250 cm³/mol. The second-order valence-electron chi connectivity index (χ2n) is 16.7. The number of aryl methyl sites for hydroxylation is 2. The Kier molecular flexibility index (Phi) is 21.2. The van der Waals surface area contributed by atoms with Crippen LogP contribution in [0.2, 0.25) is 5.02 Å². The quantitative estimate of drug-likeness (QED) is 0.0515. The standard InChI is InChI=1S/C48H66ClN7O7S/c1-54(19-5-4-18-50)20-6-7-21-56-44-17-16-43(31-38(44)13-12-37-14-15-40(49)33-45(37)56)63-30-29-62-35-41-34-55(53-52-41)22-24-60-26-28-61-27-25-59-23-8-10-42(57)9-2-3-11-46-48-39(36-64-46)32-47(58)51-48/h4-5,14-17,31,33-34,39,46,48H,2-3,6-13,19-30,32,35-36H2,1H3,(H,51,58)/b5-4+/t39-,46-,48-/m0/s1. The van der Waals surface area contributed by atoms with E-state index in [1.54, 1.807) is 4.68 Å². The van der Waals surface area contributed by atoms with Gasteiger partial charge in [0, 0.05) is 72.7 Å². The summed E-state index contributed by atoms with van der Waals surface area (Å²) in [5.74, 6) is 2.90. The predicted octanol–water partition coefficient (Wildman–Crippen LogP) is 7.14. The number of nitriles is 1. The molecule has 2 aromatic carbocycles. The Hall–Kier alpha value is -4.01. The van der Waals surface area contributed by atoms with Crippen molar-refractivity contribution in [3.63, 3.8) is 0 Å². The number of nitrogens with zero attached hydrogens (tertiary/aromatic N) is 6. The summed E-state index contributed by atoms with van der Waals surface area (Å²) in [6.45, 7) is 7.32. The van der Waals surface area contributed by atoms with Crippen LogP contribution in [-0.2, 0) is 54.5 Å². The maximum Gasteiger partial charge on any atom is 0.220 e. The fourth-order valence-electron chi connectivity index (χ4n) is 8.46. The molecule has 348 valence electrons. The van der Waals surface area contributed by atoms with Gasteiger partial charge in [-0.1, -0.05) is 35.4 Å². The van der Waals surface area contributed by atoms with Gasteiger partial charge in [-0.25, -0.2) is 4.68 Å². The molecule has 0 bridgehead atoms. The minimum atomic E-state index is 0.197. The fraction of sp³-hybridized carbons (Fsp3) is 0.604. The van der Waals surface area contributed by atoms with Gasteiger partial charge in [0.2, 0.25) is 5.91 Å². The van der Waals surface area contributed by atoms with Crippen molar-refractivity contribution < 1.29 is 33.3 Å². The summed E-state index contributed by atoms with van der Waals surface area (Å²) in [7, 11) is 2.08. The van der Waals surface area contributed by atoms with Crippen LogP contribution >= 0.6 is 23.4 Å². The topological polar surface area (TPSA) is 153 Å². The van der Waals surface area contributed by atoms with Gasteiger partial charge in [0.05, 0.1) is 65.1 Å². The first kappa shape index (κ1) is 49.4. The summed E-state index contributed by atoms with van der Waals surface area (Å²) >= 11 is 8.48. The number of halogens is 1. The highest BCUT2D eigenvalue weighted by Crippen LogP contribution is 2.40. The van der Waals surface area contributed by atoms with E-state index in [-0.39, 0.29) is 5.91 Å². The number of amides is 1. The average molecular weight is 921 g/mol. The van der Waals surface area contributed by atoms with E-state index in [4.69, 9.17) is 40.5 Å². The van der Waals surface area contributed by atoms with Crippen molar-refractivity contribution in [2.24, 2.45) is 5.92 Å². The highest BCUT2D eigenvalue weighted by molar-refractivity contribution is 8.00. The molecule has 0 aliphatic carbocycles. The van der Waals surface area contributed by atoms with E-state index in [0.29, 0.717) is 108 Å². The molecule has 0 radical (unpaired) electrons. The number of benzene rings is 2. The number of carbonyl (C=O) groups is 2. The largest absolute Gasteiger partial charge is 0.491 e. The lowest BCUT2D eigenvalue weighted by Gasteiger charge is -2.28. The zero-order chi connectivity index (χ0) is 44.8. The van der Waals surface area contributed by atoms with Crippen LogP contribution in [0.15, 0.2) is 54.7 Å². The van der Waals surface area contributed by atoms with Gasteiger partial charge < -0.3 is 38.8 Å². The summed E-state index contributed by atoms with van der Waals surface area (Å²) in [6, 6.07) is 14.9. The molecule has 1 N–H and O–H groups in total. The number of likely N-dealkylation sites (N-methyl/N-ethyl adjacent to an activating group) is 1. The summed E-state index contributed by atoms with van der Waals surface area (Å²) in [6.07, 6.45) is 14.8. The second-order valence-corrected chi connectivity index (χ2v) is 18.5. The molecule has 2 fully saturated rings. The first-order valence-corrected chi connectivity index (χ1v) is 24.5. The lowest BCUT2D eigenvalue weighted by molar-refractivity contribution is -0.120. The Morgan fingerprint density at radius 1 is 0.922 bits per heavy atom. The van der Waals surface area contributed by atoms with Crippen LogP contribution in [0.4, 0.5) is 11.4 Å². The van der Waals surface area contributed by atoms with Crippen LogP contribution in [0.1, 0.15) is 74.6 Å². The molecule has 1 amide bonds. The maximum atomic E-state index is 12.3. The molecule has 14 nitrogen and oxygen atoms in total. The van der Waals surface area contributed by atoms with Crippen LogP contribution in [0.3, 0.4) is 0 Å². The van der Waals surface area contributed by atoms with Crippen molar-refractivity contribution in [1.29, 1.82) is 5.26 Å². The number of hydrogen-bond acceptors (Lipinski definition) is 13. The Labute approximate surface area is 388 Å². The molecule has 3 atom stereocenters. The van der Waals surface area contributed by atoms with Crippen LogP contribution in [0.5, 0.6) is 5.75 Å².